The summed E-state index contributed by atoms with van der Waals surface area (Å²) in [5, 5.41) is 0. The third kappa shape index (κ3) is 2.44. The van der Waals surface area contributed by atoms with Crippen LogP contribution in [-0.4, -0.2) is 25.0 Å². The standard InChI is InChI=1S/C12H19N/c1-13-8-4-7-12(10-13)9-11-5-2-3-6-11/h2-3,5-6,11-12H,4,7-10H2,1H3/t12-/m0/s1. The normalized spacial score (nSPS) is 30.1. The van der Waals surface area contributed by atoms with E-state index in [-0.39, 0.29) is 0 Å². The molecule has 0 radical (unpaired) electrons. The van der Waals surface area contributed by atoms with Crippen LogP contribution in [0.25, 0.3) is 0 Å². The lowest BCUT2D eigenvalue weighted by Gasteiger charge is -2.30. The Bertz CT molecular complexity index is 205. The molecule has 1 saturated heterocycles. The molecular formula is C12H19N. The average Bonchev–Trinajstić information content (AvgIpc) is 2.57. The summed E-state index contributed by atoms with van der Waals surface area (Å²) in [4.78, 5) is 2.47. The molecule has 1 aliphatic heterocycles. The number of hydrogen-bond acceptors (Lipinski definition) is 1. The Morgan fingerprint density at radius 3 is 2.77 bits per heavy atom. The highest BCUT2D eigenvalue weighted by Gasteiger charge is 2.19. The topological polar surface area (TPSA) is 3.24 Å². The zero-order valence-corrected chi connectivity index (χ0v) is 8.45. The number of nitrogens with zero attached hydrogens (tertiary/aromatic N) is 1. The Hall–Kier alpha value is -0.560. The molecule has 0 unspecified atom stereocenters. The molecule has 0 spiro atoms. The summed E-state index contributed by atoms with van der Waals surface area (Å²) in [6.07, 6.45) is 13.2. The van der Waals surface area contributed by atoms with Gasteiger partial charge in [0.25, 0.3) is 0 Å². The van der Waals surface area contributed by atoms with Crippen molar-refractivity contribution in [1.29, 1.82) is 0 Å². The van der Waals surface area contributed by atoms with Gasteiger partial charge in [-0.25, -0.2) is 0 Å². The number of hydrogen-bond donors (Lipinski definition) is 0. The lowest BCUT2D eigenvalue weighted by molar-refractivity contribution is 0.197. The van der Waals surface area contributed by atoms with Crippen molar-refractivity contribution in [2.45, 2.75) is 19.3 Å². The van der Waals surface area contributed by atoms with Crippen LogP contribution in [0.5, 0.6) is 0 Å². The molecule has 0 aromatic rings. The van der Waals surface area contributed by atoms with Crippen LogP contribution >= 0.6 is 0 Å². The molecule has 2 aliphatic rings. The van der Waals surface area contributed by atoms with Crippen LogP contribution < -0.4 is 0 Å². The molecule has 0 aromatic carbocycles. The van der Waals surface area contributed by atoms with Crippen molar-refractivity contribution in [2.75, 3.05) is 20.1 Å². The van der Waals surface area contributed by atoms with E-state index in [9.17, 15) is 0 Å². The summed E-state index contributed by atoms with van der Waals surface area (Å²) in [7, 11) is 2.24. The summed E-state index contributed by atoms with van der Waals surface area (Å²) >= 11 is 0. The highest BCUT2D eigenvalue weighted by atomic mass is 15.1. The van der Waals surface area contributed by atoms with Gasteiger partial charge in [-0.15, -0.1) is 0 Å². The van der Waals surface area contributed by atoms with E-state index in [1.807, 2.05) is 0 Å². The van der Waals surface area contributed by atoms with Gasteiger partial charge in [0.05, 0.1) is 0 Å². The molecule has 0 saturated carbocycles. The first-order chi connectivity index (χ1) is 6.34. The quantitative estimate of drug-likeness (QED) is 0.626. The van der Waals surface area contributed by atoms with E-state index < -0.39 is 0 Å². The molecule has 1 atom stereocenters. The second kappa shape index (κ2) is 4.10. The zero-order chi connectivity index (χ0) is 9.10. The van der Waals surface area contributed by atoms with Gasteiger partial charge in [-0.2, -0.15) is 0 Å². The van der Waals surface area contributed by atoms with Gasteiger partial charge in [-0.3, -0.25) is 0 Å². The predicted octanol–water partition coefficient (Wildman–Crippen LogP) is 2.46. The lowest BCUT2D eigenvalue weighted by atomic mass is 9.89. The molecular weight excluding hydrogens is 158 g/mol. The fraction of sp³-hybridized carbons (Fsp3) is 0.667. The van der Waals surface area contributed by atoms with Gasteiger partial charge in [0, 0.05) is 6.54 Å². The molecule has 1 heterocycles. The Morgan fingerprint density at radius 2 is 2.08 bits per heavy atom. The fourth-order valence-corrected chi connectivity index (χ4v) is 2.49. The van der Waals surface area contributed by atoms with Crippen LogP contribution in [0.15, 0.2) is 24.3 Å². The Morgan fingerprint density at radius 1 is 1.31 bits per heavy atom. The summed E-state index contributed by atoms with van der Waals surface area (Å²) in [6.45, 7) is 2.60. The van der Waals surface area contributed by atoms with E-state index in [0.29, 0.717) is 0 Å². The molecule has 1 aliphatic carbocycles. The maximum atomic E-state index is 2.47. The highest BCUT2D eigenvalue weighted by Crippen LogP contribution is 2.25. The van der Waals surface area contributed by atoms with Crippen LogP contribution in [0.2, 0.25) is 0 Å². The van der Waals surface area contributed by atoms with Crippen molar-refractivity contribution >= 4 is 0 Å². The third-order valence-electron chi connectivity index (χ3n) is 3.16. The van der Waals surface area contributed by atoms with Gasteiger partial charge in [-0.1, -0.05) is 24.3 Å². The Labute approximate surface area is 81.1 Å². The molecule has 0 N–H and O–H groups in total. The van der Waals surface area contributed by atoms with E-state index in [1.165, 1.54) is 32.4 Å². The molecule has 1 heteroatoms. The third-order valence-corrected chi connectivity index (χ3v) is 3.16. The van der Waals surface area contributed by atoms with E-state index in [4.69, 9.17) is 0 Å². The zero-order valence-electron chi connectivity index (χ0n) is 8.45. The molecule has 1 fully saturated rings. The maximum absolute atomic E-state index is 2.47. The minimum Gasteiger partial charge on any atom is -0.306 e. The molecule has 72 valence electrons. The van der Waals surface area contributed by atoms with Gasteiger partial charge in [-0.05, 0) is 44.7 Å². The predicted molar refractivity (Wildman–Crippen MR) is 56.6 cm³/mol. The number of likely N-dealkylation sites (tertiary alicyclic amines) is 1. The SMILES string of the molecule is CN1CCC[C@@H](CC2C=CC=C2)C1. The van der Waals surface area contributed by atoms with Crippen molar-refractivity contribution < 1.29 is 0 Å². The Balaban J connectivity index is 1.80. The second-order valence-electron chi connectivity index (χ2n) is 4.44. The van der Waals surface area contributed by atoms with Crippen molar-refractivity contribution in [2.24, 2.45) is 11.8 Å². The first kappa shape index (κ1) is 9.01. The van der Waals surface area contributed by atoms with Gasteiger partial charge in [0.1, 0.15) is 0 Å². The van der Waals surface area contributed by atoms with Gasteiger partial charge in [0.2, 0.25) is 0 Å². The number of allylic oxidation sites excluding steroid dienone is 4. The minimum atomic E-state index is 0.733. The van der Waals surface area contributed by atoms with Crippen molar-refractivity contribution in [3.63, 3.8) is 0 Å². The second-order valence-corrected chi connectivity index (χ2v) is 4.44. The first-order valence-corrected chi connectivity index (χ1v) is 5.38. The van der Waals surface area contributed by atoms with Crippen LogP contribution in [0, 0.1) is 11.8 Å². The summed E-state index contributed by atoms with van der Waals surface area (Å²) in [5.41, 5.74) is 0. The van der Waals surface area contributed by atoms with Crippen molar-refractivity contribution in [3.05, 3.63) is 24.3 Å². The summed E-state index contributed by atoms with van der Waals surface area (Å²) < 4.78 is 0. The van der Waals surface area contributed by atoms with Crippen LogP contribution in [0.3, 0.4) is 0 Å². The number of piperidine rings is 1. The molecule has 0 bridgehead atoms. The van der Waals surface area contributed by atoms with E-state index in [0.717, 1.165) is 11.8 Å². The summed E-state index contributed by atoms with van der Waals surface area (Å²) in [5.74, 6) is 1.66. The minimum absolute atomic E-state index is 0.733. The van der Waals surface area contributed by atoms with Crippen LogP contribution in [0.4, 0.5) is 0 Å². The molecule has 2 rings (SSSR count). The average molecular weight is 177 g/mol. The lowest BCUT2D eigenvalue weighted by Crippen LogP contribution is -2.32. The number of rotatable bonds is 2. The largest absolute Gasteiger partial charge is 0.306 e. The van der Waals surface area contributed by atoms with Gasteiger partial charge < -0.3 is 4.90 Å². The highest BCUT2D eigenvalue weighted by molar-refractivity contribution is 5.17. The maximum Gasteiger partial charge on any atom is 0.000694 e. The van der Waals surface area contributed by atoms with Crippen LogP contribution in [-0.2, 0) is 0 Å². The van der Waals surface area contributed by atoms with Gasteiger partial charge >= 0.3 is 0 Å². The van der Waals surface area contributed by atoms with Crippen LogP contribution in [0.1, 0.15) is 19.3 Å². The fourth-order valence-electron chi connectivity index (χ4n) is 2.49. The van der Waals surface area contributed by atoms with Crippen molar-refractivity contribution in [3.8, 4) is 0 Å². The van der Waals surface area contributed by atoms with E-state index in [2.05, 4.69) is 36.3 Å². The smallest absolute Gasteiger partial charge is 0.000694 e. The molecule has 0 amide bonds. The van der Waals surface area contributed by atoms with E-state index >= 15 is 0 Å². The monoisotopic (exact) mass is 177 g/mol. The first-order valence-electron chi connectivity index (χ1n) is 5.38. The molecule has 1 nitrogen and oxygen atoms in total. The molecule has 0 aromatic heterocycles. The summed E-state index contributed by atoms with van der Waals surface area (Å²) in [6, 6.07) is 0. The van der Waals surface area contributed by atoms with E-state index in [1.54, 1.807) is 0 Å². The van der Waals surface area contributed by atoms with Crippen molar-refractivity contribution in [1.82, 2.24) is 4.90 Å². The Kier molecular flexibility index (Phi) is 2.84. The van der Waals surface area contributed by atoms with Gasteiger partial charge in [0.15, 0.2) is 0 Å². The molecule has 13 heavy (non-hydrogen) atoms.